The highest BCUT2D eigenvalue weighted by Crippen LogP contribution is 2.33. The smallest absolute Gasteiger partial charge is 0.191 e. The fourth-order valence-corrected chi connectivity index (χ4v) is 3.66. The zero-order chi connectivity index (χ0) is 17.6. The number of guanidine groups is 1. The van der Waals surface area contributed by atoms with Crippen molar-refractivity contribution in [1.82, 2.24) is 15.5 Å². The van der Waals surface area contributed by atoms with Gasteiger partial charge in [-0.3, -0.25) is 4.99 Å². The SMILES string of the molecule is CN=C(NCC1CN(C)CCO1)NCC1CCCOC1C(C)(C)C. The van der Waals surface area contributed by atoms with E-state index in [1.807, 2.05) is 7.05 Å². The molecule has 0 aromatic heterocycles. The lowest BCUT2D eigenvalue weighted by molar-refractivity contribution is -0.0835. The van der Waals surface area contributed by atoms with Crippen LogP contribution in [0.1, 0.15) is 33.6 Å². The number of hydrogen-bond donors (Lipinski definition) is 2. The van der Waals surface area contributed by atoms with Gasteiger partial charge in [-0.15, -0.1) is 0 Å². The Labute approximate surface area is 147 Å². The zero-order valence-electron chi connectivity index (χ0n) is 16.1. The monoisotopic (exact) mass is 340 g/mol. The number of likely N-dealkylation sites (N-methyl/N-ethyl adjacent to an activating group) is 1. The zero-order valence-corrected chi connectivity index (χ0v) is 16.1. The number of nitrogens with zero attached hydrogens (tertiary/aromatic N) is 2. The molecule has 3 unspecified atom stereocenters. The molecular formula is C18H36N4O2. The molecule has 0 aromatic carbocycles. The molecule has 0 saturated carbocycles. The van der Waals surface area contributed by atoms with Gasteiger partial charge in [0.2, 0.25) is 0 Å². The molecule has 0 spiro atoms. The number of morpholine rings is 1. The molecule has 2 saturated heterocycles. The second-order valence-corrected chi connectivity index (χ2v) is 8.15. The number of rotatable bonds is 4. The van der Waals surface area contributed by atoms with Crippen molar-refractivity contribution in [2.75, 3.05) is 53.5 Å². The van der Waals surface area contributed by atoms with Crippen molar-refractivity contribution in [3.8, 4) is 0 Å². The summed E-state index contributed by atoms with van der Waals surface area (Å²) in [5.74, 6) is 1.37. The molecule has 3 atom stereocenters. The Kier molecular flexibility index (Phi) is 7.32. The second kappa shape index (κ2) is 9.02. The van der Waals surface area contributed by atoms with Gasteiger partial charge < -0.3 is 25.0 Å². The van der Waals surface area contributed by atoms with Crippen LogP contribution in [-0.4, -0.2) is 76.6 Å². The Morgan fingerprint density at radius 2 is 1.92 bits per heavy atom. The van der Waals surface area contributed by atoms with Crippen LogP contribution < -0.4 is 10.6 Å². The molecule has 0 aromatic rings. The van der Waals surface area contributed by atoms with Crippen LogP contribution in [-0.2, 0) is 9.47 Å². The van der Waals surface area contributed by atoms with E-state index in [1.165, 1.54) is 6.42 Å². The molecule has 2 N–H and O–H groups in total. The molecular weight excluding hydrogens is 304 g/mol. The van der Waals surface area contributed by atoms with Gasteiger partial charge in [0, 0.05) is 45.8 Å². The molecule has 2 aliphatic heterocycles. The van der Waals surface area contributed by atoms with Crippen LogP contribution in [0.4, 0.5) is 0 Å². The van der Waals surface area contributed by atoms with Gasteiger partial charge in [-0.1, -0.05) is 20.8 Å². The minimum absolute atomic E-state index is 0.171. The van der Waals surface area contributed by atoms with E-state index in [0.29, 0.717) is 12.0 Å². The molecule has 24 heavy (non-hydrogen) atoms. The summed E-state index contributed by atoms with van der Waals surface area (Å²) in [5.41, 5.74) is 0.171. The average Bonchev–Trinajstić information content (AvgIpc) is 2.54. The lowest BCUT2D eigenvalue weighted by Gasteiger charge is -2.40. The number of ether oxygens (including phenoxy) is 2. The Morgan fingerprint density at radius 3 is 2.58 bits per heavy atom. The van der Waals surface area contributed by atoms with Gasteiger partial charge in [-0.05, 0) is 25.3 Å². The predicted octanol–water partition coefficient (Wildman–Crippen LogP) is 1.32. The molecule has 2 fully saturated rings. The van der Waals surface area contributed by atoms with Crippen LogP contribution in [0.5, 0.6) is 0 Å². The van der Waals surface area contributed by atoms with Gasteiger partial charge in [-0.2, -0.15) is 0 Å². The molecule has 0 amide bonds. The number of aliphatic imine (C=N–C) groups is 1. The van der Waals surface area contributed by atoms with Crippen molar-refractivity contribution in [3.05, 3.63) is 0 Å². The van der Waals surface area contributed by atoms with Crippen molar-refractivity contribution < 1.29 is 9.47 Å². The highest BCUT2D eigenvalue weighted by molar-refractivity contribution is 5.79. The van der Waals surface area contributed by atoms with E-state index in [-0.39, 0.29) is 11.5 Å². The maximum absolute atomic E-state index is 6.06. The summed E-state index contributed by atoms with van der Waals surface area (Å²) in [6.45, 7) is 12.1. The summed E-state index contributed by atoms with van der Waals surface area (Å²) in [4.78, 5) is 6.65. The summed E-state index contributed by atoms with van der Waals surface area (Å²) in [6.07, 6.45) is 2.88. The summed E-state index contributed by atoms with van der Waals surface area (Å²) in [6, 6.07) is 0. The Morgan fingerprint density at radius 1 is 1.17 bits per heavy atom. The van der Waals surface area contributed by atoms with Gasteiger partial charge in [-0.25, -0.2) is 0 Å². The molecule has 140 valence electrons. The minimum atomic E-state index is 0.171. The molecule has 2 aliphatic rings. The van der Waals surface area contributed by atoms with Gasteiger partial charge in [0.05, 0.1) is 18.8 Å². The van der Waals surface area contributed by atoms with Gasteiger partial charge >= 0.3 is 0 Å². The summed E-state index contributed by atoms with van der Waals surface area (Å²) >= 11 is 0. The van der Waals surface area contributed by atoms with Crippen molar-refractivity contribution in [2.24, 2.45) is 16.3 Å². The van der Waals surface area contributed by atoms with Crippen molar-refractivity contribution >= 4 is 5.96 Å². The first kappa shape index (κ1) is 19.5. The van der Waals surface area contributed by atoms with E-state index in [2.05, 4.69) is 48.3 Å². The predicted molar refractivity (Wildman–Crippen MR) is 98.5 cm³/mol. The van der Waals surface area contributed by atoms with Crippen LogP contribution >= 0.6 is 0 Å². The van der Waals surface area contributed by atoms with Crippen LogP contribution in [0.15, 0.2) is 4.99 Å². The minimum Gasteiger partial charge on any atom is -0.377 e. The van der Waals surface area contributed by atoms with Crippen LogP contribution in [0.2, 0.25) is 0 Å². The lowest BCUT2D eigenvalue weighted by atomic mass is 9.78. The third-order valence-corrected chi connectivity index (χ3v) is 4.89. The molecule has 0 radical (unpaired) electrons. The van der Waals surface area contributed by atoms with E-state index in [1.54, 1.807) is 0 Å². The Balaban J connectivity index is 1.78. The van der Waals surface area contributed by atoms with Gasteiger partial charge in [0.15, 0.2) is 5.96 Å². The maximum atomic E-state index is 6.06. The maximum Gasteiger partial charge on any atom is 0.191 e. The lowest BCUT2D eigenvalue weighted by Crippen LogP contribution is -2.50. The van der Waals surface area contributed by atoms with Crippen molar-refractivity contribution in [1.29, 1.82) is 0 Å². The summed E-state index contributed by atoms with van der Waals surface area (Å²) in [7, 11) is 3.96. The van der Waals surface area contributed by atoms with E-state index >= 15 is 0 Å². The fourth-order valence-electron chi connectivity index (χ4n) is 3.66. The quantitative estimate of drug-likeness (QED) is 0.597. The molecule has 6 heteroatoms. The van der Waals surface area contributed by atoms with Gasteiger partial charge in [0.25, 0.3) is 0 Å². The largest absolute Gasteiger partial charge is 0.377 e. The van der Waals surface area contributed by atoms with Crippen molar-refractivity contribution in [2.45, 2.75) is 45.8 Å². The normalized spacial score (nSPS) is 30.2. The standard InChI is InChI=1S/C18H36N4O2/c1-18(2,3)16-14(7-6-9-24-16)11-20-17(19-4)21-12-15-13-22(5)8-10-23-15/h14-16H,6-13H2,1-5H3,(H2,19,20,21). The van der Waals surface area contributed by atoms with Crippen LogP contribution in [0.25, 0.3) is 0 Å². The molecule has 2 heterocycles. The molecule has 0 bridgehead atoms. The molecule has 6 nitrogen and oxygen atoms in total. The Bertz CT molecular complexity index is 408. The van der Waals surface area contributed by atoms with E-state index in [4.69, 9.17) is 9.47 Å². The fraction of sp³-hybridized carbons (Fsp3) is 0.944. The summed E-state index contributed by atoms with van der Waals surface area (Å²) in [5, 5.41) is 6.88. The van der Waals surface area contributed by atoms with E-state index in [9.17, 15) is 0 Å². The second-order valence-electron chi connectivity index (χ2n) is 8.15. The van der Waals surface area contributed by atoms with E-state index < -0.39 is 0 Å². The molecule has 0 aliphatic carbocycles. The molecule has 2 rings (SSSR count). The average molecular weight is 341 g/mol. The summed E-state index contributed by atoms with van der Waals surface area (Å²) < 4.78 is 11.9. The Hall–Kier alpha value is -0.850. The number of nitrogens with one attached hydrogen (secondary N) is 2. The number of hydrogen-bond acceptors (Lipinski definition) is 4. The third kappa shape index (κ3) is 5.90. The topological polar surface area (TPSA) is 58.1 Å². The van der Waals surface area contributed by atoms with Gasteiger partial charge in [0.1, 0.15) is 0 Å². The first-order valence-electron chi connectivity index (χ1n) is 9.26. The van der Waals surface area contributed by atoms with E-state index in [0.717, 1.165) is 51.8 Å². The first-order valence-corrected chi connectivity index (χ1v) is 9.26. The van der Waals surface area contributed by atoms with Crippen molar-refractivity contribution in [3.63, 3.8) is 0 Å². The third-order valence-electron chi connectivity index (χ3n) is 4.89. The highest BCUT2D eigenvalue weighted by atomic mass is 16.5. The van der Waals surface area contributed by atoms with Crippen LogP contribution in [0.3, 0.4) is 0 Å². The van der Waals surface area contributed by atoms with Crippen LogP contribution in [0, 0.1) is 11.3 Å². The first-order chi connectivity index (χ1) is 11.4. The highest BCUT2D eigenvalue weighted by Gasteiger charge is 2.35.